The van der Waals surface area contributed by atoms with E-state index in [1.165, 1.54) is 25.7 Å². The second kappa shape index (κ2) is 5.34. The standard InChI is InChI=1S/C13H21N3O/c1-3-16-9-12(8-14-16)15-13(17)10(2)11-6-4-5-7-11/h8-11H,3-7H2,1-2H3,(H,15,17). The third-order valence-electron chi connectivity index (χ3n) is 3.75. The van der Waals surface area contributed by atoms with Gasteiger partial charge in [0, 0.05) is 18.7 Å². The van der Waals surface area contributed by atoms with Crippen molar-refractivity contribution in [1.29, 1.82) is 0 Å². The van der Waals surface area contributed by atoms with Crippen molar-refractivity contribution in [2.24, 2.45) is 11.8 Å². The highest BCUT2D eigenvalue weighted by atomic mass is 16.1. The summed E-state index contributed by atoms with van der Waals surface area (Å²) < 4.78 is 1.82. The normalized spacial score (nSPS) is 18.2. The Labute approximate surface area is 102 Å². The Balaban J connectivity index is 1.91. The van der Waals surface area contributed by atoms with E-state index >= 15 is 0 Å². The molecule has 0 aromatic carbocycles. The fraction of sp³-hybridized carbons (Fsp3) is 0.692. The van der Waals surface area contributed by atoms with E-state index in [4.69, 9.17) is 0 Å². The van der Waals surface area contributed by atoms with Crippen molar-refractivity contribution >= 4 is 11.6 Å². The molecule has 2 rings (SSSR count). The van der Waals surface area contributed by atoms with Crippen molar-refractivity contribution in [2.75, 3.05) is 5.32 Å². The highest BCUT2D eigenvalue weighted by Gasteiger charge is 2.26. The van der Waals surface area contributed by atoms with Gasteiger partial charge in [0.1, 0.15) is 0 Å². The van der Waals surface area contributed by atoms with Gasteiger partial charge < -0.3 is 5.32 Å². The number of carbonyl (C=O) groups is 1. The van der Waals surface area contributed by atoms with Gasteiger partial charge in [0.05, 0.1) is 11.9 Å². The van der Waals surface area contributed by atoms with E-state index in [1.54, 1.807) is 6.20 Å². The van der Waals surface area contributed by atoms with E-state index < -0.39 is 0 Å². The number of rotatable bonds is 4. The lowest BCUT2D eigenvalue weighted by atomic mass is 9.92. The van der Waals surface area contributed by atoms with Crippen molar-refractivity contribution in [1.82, 2.24) is 9.78 Å². The van der Waals surface area contributed by atoms with Gasteiger partial charge in [-0.3, -0.25) is 9.48 Å². The van der Waals surface area contributed by atoms with E-state index in [1.807, 2.05) is 24.7 Å². The minimum atomic E-state index is 0.113. The van der Waals surface area contributed by atoms with Crippen LogP contribution in [-0.4, -0.2) is 15.7 Å². The van der Waals surface area contributed by atoms with E-state index in [9.17, 15) is 4.79 Å². The predicted octanol–water partition coefficient (Wildman–Crippen LogP) is 2.67. The van der Waals surface area contributed by atoms with Gasteiger partial charge in [-0.05, 0) is 25.7 Å². The van der Waals surface area contributed by atoms with Crippen LogP contribution in [0.3, 0.4) is 0 Å². The van der Waals surface area contributed by atoms with Gasteiger partial charge in [0.25, 0.3) is 0 Å². The molecule has 1 aliphatic rings. The topological polar surface area (TPSA) is 46.9 Å². The second-order valence-electron chi connectivity index (χ2n) is 4.91. The largest absolute Gasteiger partial charge is 0.323 e. The molecule has 0 radical (unpaired) electrons. The molecule has 1 saturated carbocycles. The summed E-state index contributed by atoms with van der Waals surface area (Å²) in [6.45, 7) is 4.89. The minimum Gasteiger partial charge on any atom is -0.323 e. The van der Waals surface area contributed by atoms with Crippen molar-refractivity contribution < 1.29 is 4.79 Å². The van der Waals surface area contributed by atoms with Gasteiger partial charge in [-0.15, -0.1) is 0 Å². The third-order valence-corrected chi connectivity index (χ3v) is 3.75. The Morgan fingerprint density at radius 3 is 2.88 bits per heavy atom. The highest BCUT2D eigenvalue weighted by molar-refractivity contribution is 5.92. The van der Waals surface area contributed by atoms with E-state index in [-0.39, 0.29) is 11.8 Å². The first kappa shape index (κ1) is 12.1. The lowest BCUT2D eigenvalue weighted by molar-refractivity contribution is -0.120. The third kappa shape index (κ3) is 2.87. The first-order valence-electron chi connectivity index (χ1n) is 6.54. The summed E-state index contributed by atoms with van der Waals surface area (Å²) in [5.41, 5.74) is 0.807. The Morgan fingerprint density at radius 2 is 2.29 bits per heavy atom. The van der Waals surface area contributed by atoms with E-state index in [0.717, 1.165) is 12.2 Å². The number of hydrogen-bond acceptors (Lipinski definition) is 2. The quantitative estimate of drug-likeness (QED) is 0.872. The number of nitrogens with zero attached hydrogens (tertiary/aromatic N) is 2. The SMILES string of the molecule is CCn1cc(NC(=O)C(C)C2CCCC2)cn1. The molecule has 0 spiro atoms. The van der Waals surface area contributed by atoms with Crippen LogP contribution < -0.4 is 5.32 Å². The number of aromatic nitrogens is 2. The lowest BCUT2D eigenvalue weighted by Crippen LogP contribution is -2.25. The zero-order chi connectivity index (χ0) is 12.3. The number of carbonyl (C=O) groups excluding carboxylic acids is 1. The molecule has 1 aromatic heterocycles. The first-order valence-corrected chi connectivity index (χ1v) is 6.54. The average Bonchev–Trinajstić information content (AvgIpc) is 2.98. The van der Waals surface area contributed by atoms with Crippen LogP contribution in [0.1, 0.15) is 39.5 Å². The number of hydrogen-bond donors (Lipinski definition) is 1. The maximum Gasteiger partial charge on any atom is 0.227 e. The molecule has 1 aromatic rings. The molecule has 4 nitrogen and oxygen atoms in total. The Morgan fingerprint density at radius 1 is 1.59 bits per heavy atom. The number of aryl methyl sites for hydroxylation is 1. The molecule has 1 amide bonds. The minimum absolute atomic E-state index is 0.113. The number of anilines is 1. The van der Waals surface area contributed by atoms with Crippen LogP contribution in [0.4, 0.5) is 5.69 Å². The van der Waals surface area contributed by atoms with E-state index in [2.05, 4.69) is 10.4 Å². The van der Waals surface area contributed by atoms with Crippen LogP contribution in [0.25, 0.3) is 0 Å². The van der Waals surface area contributed by atoms with E-state index in [0.29, 0.717) is 5.92 Å². The summed E-state index contributed by atoms with van der Waals surface area (Å²) in [4.78, 5) is 12.0. The molecular formula is C13H21N3O. The zero-order valence-corrected chi connectivity index (χ0v) is 10.6. The molecule has 0 aliphatic heterocycles. The summed E-state index contributed by atoms with van der Waals surface area (Å²) in [7, 11) is 0. The van der Waals surface area contributed by atoms with Gasteiger partial charge in [-0.2, -0.15) is 5.10 Å². The highest BCUT2D eigenvalue weighted by Crippen LogP contribution is 2.31. The summed E-state index contributed by atoms with van der Waals surface area (Å²) >= 11 is 0. The maximum absolute atomic E-state index is 12.0. The van der Waals surface area contributed by atoms with Crippen molar-refractivity contribution in [3.05, 3.63) is 12.4 Å². The molecule has 1 fully saturated rings. The second-order valence-corrected chi connectivity index (χ2v) is 4.91. The lowest BCUT2D eigenvalue weighted by Gasteiger charge is -2.17. The molecular weight excluding hydrogens is 214 g/mol. The molecule has 0 bridgehead atoms. The number of amides is 1. The van der Waals surface area contributed by atoms with Gasteiger partial charge in [0.2, 0.25) is 5.91 Å². The molecule has 1 heterocycles. The zero-order valence-electron chi connectivity index (χ0n) is 10.6. The molecule has 4 heteroatoms. The van der Waals surface area contributed by atoms with Crippen LogP contribution in [0.5, 0.6) is 0 Å². The predicted molar refractivity (Wildman–Crippen MR) is 67.7 cm³/mol. The monoisotopic (exact) mass is 235 g/mol. The van der Waals surface area contributed by atoms with Crippen molar-refractivity contribution in [3.63, 3.8) is 0 Å². The first-order chi connectivity index (χ1) is 8.20. The molecule has 0 saturated heterocycles. The Hall–Kier alpha value is -1.32. The molecule has 1 atom stereocenters. The van der Waals surface area contributed by atoms with Crippen LogP contribution >= 0.6 is 0 Å². The molecule has 1 aliphatic carbocycles. The number of nitrogens with one attached hydrogen (secondary N) is 1. The average molecular weight is 235 g/mol. The van der Waals surface area contributed by atoms with Crippen molar-refractivity contribution in [3.8, 4) is 0 Å². The molecule has 1 unspecified atom stereocenters. The summed E-state index contributed by atoms with van der Waals surface area (Å²) in [6, 6.07) is 0. The van der Waals surface area contributed by atoms with Gasteiger partial charge >= 0.3 is 0 Å². The fourth-order valence-electron chi connectivity index (χ4n) is 2.53. The van der Waals surface area contributed by atoms with Crippen molar-refractivity contribution in [2.45, 2.75) is 46.1 Å². The maximum atomic E-state index is 12.0. The van der Waals surface area contributed by atoms with Gasteiger partial charge in [0.15, 0.2) is 0 Å². The van der Waals surface area contributed by atoms with Crippen LogP contribution in [0.2, 0.25) is 0 Å². The van der Waals surface area contributed by atoms with Gasteiger partial charge in [-0.25, -0.2) is 0 Å². The Kier molecular flexibility index (Phi) is 3.82. The smallest absolute Gasteiger partial charge is 0.227 e. The summed E-state index contributed by atoms with van der Waals surface area (Å²) in [5.74, 6) is 0.811. The van der Waals surface area contributed by atoms with Crippen LogP contribution in [-0.2, 0) is 11.3 Å². The summed E-state index contributed by atoms with van der Waals surface area (Å²) in [5, 5.41) is 7.10. The van der Waals surface area contributed by atoms with Crippen LogP contribution in [0.15, 0.2) is 12.4 Å². The molecule has 1 N–H and O–H groups in total. The molecule has 17 heavy (non-hydrogen) atoms. The molecule has 94 valence electrons. The van der Waals surface area contributed by atoms with Gasteiger partial charge in [-0.1, -0.05) is 19.8 Å². The van der Waals surface area contributed by atoms with Crippen LogP contribution in [0, 0.1) is 11.8 Å². The summed E-state index contributed by atoms with van der Waals surface area (Å²) in [6.07, 6.45) is 8.53. The fourth-order valence-corrected chi connectivity index (χ4v) is 2.53. The Bertz CT molecular complexity index is 380.